The Bertz CT molecular complexity index is 601. The minimum atomic E-state index is -3.88. The van der Waals surface area contributed by atoms with Gasteiger partial charge in [0.25, 0.3) is 5.69 Å². The van der Waals surface area contributed by atoms with Crippen molar-refractivity contribution in [3.8, 4) is 0 Å². The molecule has 0 fully saturated rings. The number of unbranched alkanes of at least 4 members (excludes halogenated alkanes) is 1. The number of nitro groups is 1. The van der Waals surface area contributed by atoms with Gasteiger partial charge in [-0.2, -0.15) is 0 Å². The Kier molecular flexibility index (Phi) is 6.10. The first kappa shape index (κ1) is 17.4. The molecule has 0 aliphatic heterocycles. The molecule has 1 aromatic rings. The first-order valence-electron chi connectivity index (χ1n) is 6.83. The van der Waals surface area contributed by atoms with E-state index in [4.69, 9.17) is 0 Å². The summed E-state index contributed by atoms with van der Waals surface area (Å²) in [6.45, 7) is 4.75. The Labute approximate surface area is 125 Å². The van der Waals surface area contributed by atoms with Crippen LogP contribution in [0.25, 0.3) is 0 Å². The molecule has 0 radical (unpaired) electrons. The zero-order valence-electron chi connectivity index (χ0n) is 12.5. The lowest BCUT2D eigenvalue weighted by atomic mass is 10.3. The van der Waals surface area contributed by atoms with Crippen molar-refractivity contribution in [1.29, 1.82) is 0 Å². The Morgan fingerprint density at radius 2 is 2.00 bits per heavy atom. The van der Waals surface area contributed by atoms with Gasteiger partial charge in [-0.3, -0.25) is 10.1 Å². The molecular formula is C13H21N3O4S. The van der Waals surface area contributed by atoms with Crippen molar-refractivity contribution >= 4 is 21.4 Å². The maximum Gasteiger partial charge on any atom is 0.289 e. The number of benzene rings is 1. The van der Waals surface area contributed by atoms with Gasteiger partial charge in [0.1, 0.15) is 0 Å². The summed E-state index contributed by atoms with van der Waals surface area (Å²) < 4.78 is 26.2. The lowest BCUT2D eigenvalue weighted by molar-refractivity contribution is -0.387. The van der Waals surface area contributed by atoms with E-state index in [9.17, 15) is 18.5 Å². The average molecular weight is 315 g/mol. The van der Waals surface area contributed by atoms with Crippen LogP contribution >= 0.6 is 0 Å². The Morgan fingerprint density at radius 1 is 1.33 bits per heavy atom. The van der Waals surface area contributed by atoms with Crippen molar-refractivity contribution in [2.75, 3.05) is 25.5 Å². The van der Waals surface area contributed by atoms with Crippen LogP contribution in [0.1, 0.15) is 26.7 Å². The van der Waals surface area contributed by atoms with Gasteiger partial charge in [0.2, 0.25) is 10.0 Å². The van der Waals surface area contributed by atoms with Crippen molar-refractivity contribution in [3.05, 3.63) is 28.3 Å². The van der Waals surface area contributed by atoms with Crippen LogP contribution < -0.4 is 5.32 Å². The maximum absolute atomic E-state index is 12.5. The largest absolute Gasteiger partial charge is 0.385 e. The molecule has 0 aliphatic rings. The second-order valence-corrected chi connectivity index (χ2v) is 6.66. The highest BCUT2D eigenvalue weighted by molar-refractivity contribution is 7.89. The Hall–Kier alpha value is -1.67. The topological polar surface area (TPSA) is 92.6 Å². The smallest absolute Gasteiger partial charge is 0.289 e. The van der Waals surface area contributed by atoms with Crippen molar-refractivity contribution in [3.63, 3.8) is 0 Å². The standard InChI is InChI=1S/C13H21N3O4S/c1-4-6-9-15(3)21(19,20)13-10-11(14-5-2)7-8-12(13)16(17)18/h7-8,10,14H,4-6,9H2,1-3H3. The molecule has 0 saturated carbocycles. The molecule has 7 nitrogen and oxygen atoms in total. The molecule has 8 heteroatoms. The average Bonchev–Trinajstić information content (AvgIpc) is 2.44. The number of nitro benzene ring substituents is 1. The van der Waals surface area contributed by atoms with Gasteiger partial charge < -0.3 is 5.32 Å². The molecule has 0 atom stereocenters. The van der Waals surface area contributed by atoms with Gasteiger partial charge in [-0.1, -0.05) is 13.3 Å². The van der Waals surface area contributed by atoms with Crippen LogP contribution in [-0.2, 0) is 10.0 Å². The molecule has 0 unspecified atom stereocenters. The summed E-state index contributed by atoms with van der Waals surface area (Å²) in [4.78, 5) is 10.1. The van der Waals surface area contributed by atoms with Crippen molar-refractivity contribution in [1.82, 2.24) is 4.31 Å². The number of nitrogens with one attached hydrogen (secondary N) is 1. The Balaban J connectivity index is 3.30. The molecule has 0 amide bonds. The second-order valence-electron chi connectivity index (χ2n) is 4.65. The molecule has 0 saturated heterocycles. The summed E-state index contributed by atoms with van der Waals surface area (Å²) in [5.41, 5.74) is 0.144. The summed E-state index contributed by atoms with van der Waals surface area (Å²) in [5, 5.41) is 14.0. The van der Waals surface area contributed by atoms with Crippen LogP contribution in [0, 0.1) is 10.1 Å². The van der Waals surface area contributed by atoms with Gasteiger partial charge in [-0.05, 0) is 25.5 Å². The zero-order valence-corrected chi connectivity index (χ0v) is 13.3. The summed E-state index contributed by atoms with van der Waals surface area (Å²) >= 11 is 0. The molecule has 0 heterocycles. The SMILES string of the molecule is CCCCN(C)S(=O)(=O)c1cc(NCC)ccc1[N+](=O)[O-]. The van der Waals surface area contributed by atoms with Gasteiger partial charge >= 0.3 is 0 Å². The van der Waals surface area contributed by atoms with Crippen LogP contribution in [0.3, 0.4) is 0 Å². The predicted molar refractivity (Wildman–Crippen MR) is 82.0 cm³/mol. The molecular weight excluding hydrogens is 294 g/mol. The summed E-state index contributed by atoms with van der Waals surface area (Å²) in [7, 11) is -2.44. The van der Waals surface area contributed by atoms with Crippen molar-refractivity contribution in [2.24, 2.45) is 0 Å². The fourth-order valence-corrected chi connectivity index (χ4v) is 3.24. The van der Waals surface area contributed by atoms with Crippen LogP contribution in [0.5, 0.6) is 0 Å². The third kappa shape index (κ3) is 4.15. The Morgan fingerprint density at radius 3 is 2.52 bits per heavy atom. The third-order valence-electron chi connectivity index (χ3n) is 3.05. The molecule has 21 heavy (non-hydrogen) atoms. The number of hydrogen-bond acceptors (Lipinski definition) is 5. The third-order valence-corrected chi connectivity index (χ3v) is 4.94. The minimum Gasteiger partial charge on any atom is -0.385 e. The van der Waals surface area contributed by atoms with Crippen molar-refractivity contribution < 1.29 is 13.3 Å². The van der Waals surface area contributed by atoms with Crippen LogP contribution in [-0.4, -0.2) is 37.8 Å². The number of hydrogen-bond donors (Lipinski definition) is 1. The first-order chi connectivity index (χ1) is 9.84. The lowest BCUT2D eigenvalue weighted by Gasteiger charge is -2.17. The highest BCUT2D eigenvalue weighted by Crippen LogP contribution is 2.29. The molecule has 1 N–H and O–H groups in total. The summed E-state index contributed by atoms with van der Waals surface area (Å²) in [6.07, 6.45) is 1.55. The van der Waals surface area contributed by atoms with Gasteiger partial charge in [-0.15, -0.1) is 0 Å². The maximum atomic E-state index is 12.5. The van der Waals surface area contributed by atoms with Crippen LogP contribution in [0.15, 0.2) is 23.1 Å². The van der Waals surface area contributed by atoms with E-state index in [-0.39, 0.29) is 4.90 Å². The van der Waals surface area contributed by atoms with E-state index in [0.717, 1.165) is 10.7 Å². The minimum absolute atomic E-state index is 0.274. The van der Waals surface area contributed by atoms with E-state index >= 15 is 0 Å². The molecule has 0 bridgehead atoms. The zero-order chi connectivity index (χ0) is 16.0. The summed E-state index contributed by atoms with van der Waals surface area (Å²) in [6, 6.07) is 4.05. The molecule has 1 aromatic carbocycles. The second kappa shape index (κ2) is 7.37. The number of nitrogens with zero attached hydrogens (tertiary/aromatic N) is 2. The van der Waals surface area contributed by atoms with E-state index < -0.39 is 20.6 Å². The fraction of sp³-hybridized carbons (Fsp3) is 0.538. The fourth-order valence-electron chi connectivity index (χ4n) is 1.85. The molecule has 1 rings (SSSR count). The van der Waals surface area contributed by atoms with Crippen LogP contribution in [0.4, 0.5) is 11.4 Å². The van der Waals surface area contributed by atoms with Gasteiger partial charge in [0.15, 0.2) is 4.90 Å². The van der Waals surface area contributed by atoms with E-state index in [1.807, 2.05) is 13.8 Å². The summed E-state index contributed by atoms with van der Waals surface area (Å²) in [5.74, 6) is 0. The van der Waals surface area contributed by atoms with Gasteiger partial charge in [0.05, 0.1) is 4.92 Å². The molecule has 0 aliphatic carbocycles. The molecule has 0 spiro atoms. The van der Waals surface area contributed by atoms with E-state index in [1.165, 1.54) is 25.2 Å². The van der Waals surface area contributed by atoms with E-state index in [1.54, 1.807) is 0 Å². The number of anilines is 1. The monoisotopic (exact) mass is 315 g/mol. The van der Waals surface area contributed by atoms with E-state index in [2.05, 4.69) is 5.32 Å². The van der Waals surface area contributed by atoms with E-state index in [0.29, 0.717) is 25.2 Å². The lowest BCUT2D eigenvalue weighted by Crippen LogP contribution is -2.28. The van der Waals surface area contributed by atoms with Gasteiger partial charge in [0, 0.05) is 31.9 Å². The van der Waals surface area contributed by atoms with Gasteiger partial charge in [-0.25, -0.2) is 12.7 Å². The first-order valence-corrected chi connectivity index (χ1v) is 8.27. The highest BCUT2D eigenvalue weighted by Gasteiger charge is 2.29. The predicted octanol–water partition coefficient (Wildman–Crippen LogP) is 2.45. The van der Waals surface area contributed by atoms with Crippen molar-refractivity contribution in [2.45, 2.75) is 31.6 Å². The number of sulfonamides is 1. The van der Waals surface area contributed by atoms with Crippen LogP contribution in [0.2, 0.25) is 0 Å². The number of rotatable bonds is 8. The quantitative estimate of drug-likeness (QED) is 0.587. The molecule has 118 valence electrons. The normalized spacial score (nSPS) is 11.6. The molecule has 0 aromatic heterocycles. The highest BCUT2D eigenvalue weighted by atomic mass is 32.2.